The maximum absolute atomic E-state index is 5.05. The number of benzene rings is 1. The summed E-state index contributed by atoms with van der Waals surface area (Å²) in [5, 5.41) is 3.38. The number of fused-ring (bicyclic) bond motifs is 1. The molecule has 0 amide bonds. The van der Waals surface area contributed by atoms with Crippen LogP contribution in [0.2, 0.25) is 0 Å². The molecule has 1 aromatic carbocycles. The topological polar surface area (TPSA) is 46.4 Å². The molecule has 4 heterocycles. The highest BCUT2D eigenvalue weighted by atomic mass is 32.1. The summed E-state index contributed by atoms with van der Waals surface area (Å²) in [6, 6.07) is 16.5. The number of quaternary nitrogens is 1. The number of rotatable bonds is 4. The van der Waals surface area contributed by atoms with Gasteiger partial charge in [0.15, 0.2) is 5.82 Å². The van der Waals surface area contributed by atoms with Crippen LogP contribution in [0.15, 0.2) is 60.1 Å². The normalized spacial score (nSPS) is 15.1. The molecule has 0 radical (unpaired) electrons. The minimum atomic E-state index is 0.708. The first-order chi connectivity index (χ1) is 14.3. The molecule has 146 valence electrons. The van der Waals surface area contributed by atoms with E-state index in [0.717, 1.165) is 42.5 Å². The molecule has 0 atom stereocenters. The van der Waals surface area contributed by atoms with Gasteiger partial charge in [-0.15, -0.1) is 11.3 Å². The fourth-order valence-electron chi connectivity index (χ4n) is 3.98. The summed E-state index contributed by atoms with van der Waals surface area (Å²) in [5.74, 6) is 1.76. The van der Waals surface area contributed by atoms with Gasteiger partial charge in [-0.1, -0.05) is 36.4 Å². The zero-order valence-electron chi connectivity index (χ0n) is 16.5. The highest BCUT2D eigenvalue weighted by molar-refractivity contribution is 7.17. The van der Waals surface area contributed by atoms with Gasteiger partial charge in [0, 0.05) is 17.1 Å². The summed E-state index contributed by atoms with van der Waals surface area (Å²) in [7, 11) is 0. The fourth-order valence-corrected chi connectivity index (χ4v) is 4.92. The Bertz CT molecular complexity index is 1100. The molecular weight excluding hydrogens is 378 g/mol. The molecule has 0 unspecified atom stereocenters. The first kappa shape index (κ1) is 18.2. The van der Waals surface area contributed by atoms with Gasteiger partial charge in [-0.25, -0.2) is 9.97 Å². The molecule has 5 nitrogen and oxygen atoms in total. The third-order valence-corrected chi connectivity index (χ3v) is 6.54. The van der Waals surface area contributed by atoms with E-state index in [9.17, 15) is 0 Å². The molecule has 1 aliphatic heterocycles. The lowest BCUT2D eigenvalue weighted by Crippen LogP contribution is -3.14. The number of aromatic nitrogens is 3. The number of hydrogen-bond donors (Lipinski definition) is 1. The van der Waals surface area contributed by atoms with E-state index < -0.39 is 0 Å². The second kappa shape index (κ2) is 7.89. The Morgan fingerprint density at radius 1 is 1.00 bits per heavy atom. The average Bonchev–Trinajstić information content (AvgIpc) is 3.24. The number of likely N-dealkylation sites (N-methyl/N-ethyl adjacent to an activating group) is 1. The van der Waals surface area contributed by atoms with Gasteiger partial charge in [-0.3, -0.25) is 4.98 Å². The Labute approximate surface area is 174 Å². The van der Waals surface area contributed by atoms with Crippen molar-refractivity contribution in [2.24, 2.45) is 0 Å². The predicted molar refractivity (Wildman–Crippen MR) is 120 cm³/mol. The summed E-state index contributed by atoms with van der Waals surface area (Å²) in [6.45, 7) is 7.76. The number of nitrogens with one attached hydrogen (secondary N) is 1. The first-order valence-corrected chi connectivity index (χ1v) is 11.1. The summed E-state index contributed by atoms with van der Waals surface area (Å²) < 4.78 is 0. The third kappa shape index (κ3) is 3.50. The van der Waals surface area contributed by atoms with E-state index in [1.54, 1.807) is 22.4 Å². The average molecular weight is 403 g/mol. The van der Waals surface area contributed by atoms with E-state index >= 15 is 0 Å². The molecule has 0 spiro atoms. The highest BCUT2D eigenvalue weighted by Gasteiger charge is 2.25. The second-order valence-electron chi connectivity index (χ2n) is 7.37. The van der Waals surface area contributed by atoms with Gasteiger partial charge < -0.3 is 9.80 Å². The maximum atomic E-state index is 5.05. The number of thiophene rings is 1. The van der Waals surface area contributed by atoms with Crippen LogP contribution in [0.5, 0.6) is 0 Å². The summed E-state index contributed by atoms with van der Waals surface area (Å²) in [4.78, 5) is 19.6. The second-order valence-corrected chi connectivity index (χ2v) is 8.23. The monoisotopic (exact) mass is 402 g/mol. The lowest BCUT2D eigenvalue weighted by Gasteiger charge is -2.33. The molecule has 1 saturated heterocycles. The van der Waals surface area contributed by atoms with Gasteiger partial charge >= 0.3 is 0 Å². The van der Waals surface area contributed by atoms with Gasteiger partial charge in [0.1, 0.15) is 16.3 Å². The first-order valence-electron chi connectivity index (χ1n) is 10.2. The molecule has 0 bridgehead atoms. The Balaban J connectivity index is 1.67. The van der Waals surface area contributed by atoms with Gasteiger partial charge in [-0.2, -0.15) is 0 Å². The number of piperazine rings is 1. The Morgan fingerprint density at radius 2 is 1.79 bits per heavy atom. The smallest absolute Gasteiger partial charge is 0.181 e. The number of anilines is 1. The van der Waals surface area contributed by atoms with Crippen LogP contribution in [0.25, 0.3) is 32.9 Å². The molecule has 1 N–H and O–H groups in total. The zero-order valence-corrected chi connectivity index (χ0v) is 17.3. The Hall–Kier alpha value is -2.83. The largest absolute Gasteiger partial charge is 0.345 e. The van der Waals surface area contributed by atoms with Crippen LogP contribution in [0, 0.1) is 0 Å². The molecule has 0 saturated carbocycles. The number of nitrogens with zero attached hydrogens (tertiary/aromatic N) is 4. The van der Waals surface area contributed by atoms with Crippen LogP contribution < -0.4 is 9.80 Å². The Kier molecular flexibility index (Phi) is 4.96. The predicted octanol–water partition coefficient (Wildman–Crippen LogP) is 3.15. The zero-order chi connectivity index (χ0) is 19.6. The van der Waals surface area contributed by atoms with Gasteiger partial charge in [0.05, 0.1) is 38.1 Å². The minimum absolute atomic E-state index is 0.708. The van der Waals surface area contributed by atoms with Crippen molar-refractivity contribution in [1.82, 2.24) is 15.0 Å². The van der Waals surface area contributed by atoms with Crippen LogP contribution in [-0.2, 0) is 0 Å². The van der Waals surface area contributed by atoms with Crippen molar-refractivity contribution in [2.45, 2.75) is 6.92 Å². The van der Waals surface area contributed by atoms with Crippen molar-refractivity contribution in [2.75, 3.05) is 37.6 Å². The molecule has 3 aromatic heterocycles. The van der Waals surface area contributed by atoms with Crippen molar-refractivity contribution in [3.8, 4) is 22.6 Å². The van der Waals surface area contributed by atoms with E-state index in [4.69, 9.17) is 9.97 Å². The fraction of sp³-hybridized carbons (Fsp3) is 0.261. The van der Waals surface area contributed by atoms with E-state index in [-0.39, 0.29) is 0 Å². The molecule has 1 fully saturated rings. The van der Waals surface area contributed by atoms with E-state index in [1.807, 2.05) is 18.2 Å². The molecule has 6 heteroatoms. The van der Waals surface area contributed by atoms with Gasteiger partial charge in [-0.05, 0) is 24.6 Å². The summed E-state index contributed by atoms with van der Waals surface area (Å²) >= 11 is 1.69. The number of hydrogen-bond acceptors (Lipinski definition) is 5. The van der Waals surface area contributed by atoms with Crippen LogP contribution in [-0.4, -0.2) is 47.7 Å². The van der Waals surface area contributed by atoms with Crippen LogP contribution in [0.4, 0.5) is 5.82 Å². The lowest BCUT2D eigenvalue weighted by atomic mass is 10.1. The highest BCUT2D eigenvalue weighted by Crippen LogP contribution is 2.39. The SMILES string of the molecule is CC[NH+]1CCN(c2nc(-c3ccccn3)nc3scc(-c4ccccc4)c23)CC1. The standard InChI is InChI=1S/C23H23N5S/c1-2-27-12-14-28(15-13-27)22-20-18(17-8-4-3-5-9-17)16-29-23(20)26-21(25-22)19-10-6-7-11-24-19/h3-11,16H,2,12-15H2,1H3/p+1. The van der Waals surface area contributed by atoms with Crippen LogP contribution in [0.3, 0.4) is 0 Å². The van der Waals surface area contributed by atoms with Crippen LogP contribution in [0.1, 0.15) is 6.92 Å². The van der Waals surface area contributed by atoms with Crippen molar-refractivity contribution < 1.29 is 4.90 Å². The maximum Gasteiger partial charge on any atom is 0.181 e. The van der Waals surface area contributed by atoms with Crippen molar-refractivity contribution >= 4 is 27.4 Å². The van der Waals surface area contributed by atoms with E-state index in [0.29, 0.717) is 5.82 Å². The number of pyridine rings is 1. The molecule has 5 rings (SSSR count). The summed E-state index contributed by atoms with van der Waals surface area (Å²) in [5.41, 5.74) is 3.26. The van der Waals surface area contributed by atoms with Crippen molar-refractivity contribution in [3.63, 3.8) is 0 Å². The molecule has 29 heavy (non-hydrogen) atoms. The lowest BCUT2D eigenvalue weighted by molar-refractivity contribution is -0.898. The Morgan fingerprint density at radius 3 is 2.52 bits per heavy atom. The van der Waals surface area contributed by atoms with Crippen molar-refractivity contribution in [3.05, 3.63) is 60.1 Å². The van der Waals surface area contributed by atoms with E-state index in [1.165, 1.54) is 23.1 Å². The molecule has 4 aromatic rings. The molecular formula is C23H24N5S+. The molecule has 0 aliphatic carbocycles. The third-order valence-electron chi connectivity index (χ3n) is 5.66. The van der Waals surface area contributed by atoms with Gasteiger partial charge in [0.2, 0.25) is 0 Å². The molecule has 1 aliphatic rings. The quantitative estimate of drug-likeness (QED) is 0.570. The van der Waals surface area contributed by atoms with Gasteiger partial charge in [0.25, 0.3) is 0 Å². The summed E-state index contributed by atoms with van der Waals surface area (Å²) in [6.07, 6.45) is 1.80. The minimum Gasteiger partial charge on any atom is -0.345 e. The van der Waals surface area contributed by atoms with Crippen molar-refractivity contribution in [1.29, 1.82) is 0 Å². The van der Waals surface area contributed by atoms with Crippen LogP contribution >= 0.6 is 11.3 Å². The van der Waals surface area contributed by atoms with E-state index in [2.05, 4.69) is 52.5 Å².